The van der Waals surface area contributed by atoms with Crippen molar-refractivity contribution in [2.75, 3.05) is 16.4 Å². The summed E-state index contributed by atoms with van der Waals surface area (Å²) in [5, 5.41) is 6.57. The van der Waals surface area contributed by atoms with Gasteiger partial charge in [0.25, 0.3) is 0 Å². The van der Waals surface area contributed by atoms with Crippen LogP contribution in [0.25, 0.3) is 0 Å². The van der Waals surface area contributed by atoms with Crippen molar-refractivity contribution in [3.05, 3.63) is 52.6 Å². The molecule has 2 aromatic rings. The topological polar surface area (TPSA) is 84.2 Å². The Morgan fingerprint density at radius 2 is 1.64 bits per heavy atom. The first kappa shape index (κ1) is 12.9. The number of ketones is 2. The molecular formula is C17H15N3O2. The van der Waals surface area contributed by atoms with Crippen molar-refractivity contribution in [1.82, 2.24) is 0 Å². The molecule has 0 saturated heterocycles. The van der Waals surface area contributed by atoms with E-state index in [0.29, 0.717) is 33.6 Å². The predicted molar refractivity (Wildman–Crippen MR) is 85.5 cm³/mol. The lowest BCUT2D eigenvalue weighted by Crippen LogP contribution is -2.34. The summed E-state index contributed by atoms with van der Waals surface area (Å²) in [6.07, 6.45) is 0. The third-order valence-corrected chi connectivity index (χ3v) is 4.13. The minimum absolute atomic E-state index is 0.161. The highest BCUT2D eigenvalue weighted by Crippen LogP contribution is 2.42. The van der Waals surface area contributed by atoms with Gasteiger partial charge in [0.1, 0.15) is 5.66 Å². The molecule has 5 heteroatoms. The van der Waals surface area contributed by atoms with Gasteiger partial charge < -0.3 is 16.4 Å². The Kier molecular flexibility index (Phi) is 2.27. The quantitative estimate of drug-likeness (QED) is 0.555. The van der Waals surface area contributed by atoms with E-state index < -0.39 is 0 Å². The summed E-state index contributed by atoms with van der Waals surface area (Å²) in [6, 6.07) is 8.53. The smallest absolute Gasteiger partial charge is 0.198 e. The summed E-state index contributed by atoms with van der Waals surface area (Å²) in [5.74, 6) is -0.363. The lowest BCUT2D eigenvalue weighted by molar-refractivity contribution is 0.0980. The molecule has 0 bridgehead atoms. The number of fused-ring (bicyclic) bond motifs is 4. The standard InChI is InChI=1S/C17H15N3O2/c1-17(2)19-11-7-6-9-13(14(11)20-17)16(22)12-8(15(9)21)4-3-5-10(12)18/h3-7,19-20H,18H2,1-2H3. The number of nitrogens with one attached hydrogen (secondary N) is 2. The van der Waals surface area contributed by atoms with Crippen molar-refractivity contribution in [1.29, 1.82) is 0 Å². The Balaban J connectivity index is 2.01. The average Bonchev–Trinajstić information content (AvgIpc) is 2.77. The summed E-state index contributed by atoms with van der Waals surface area (Å²) in [6.45, 7) is 3.94. The van der Waals surface area contributed by atoms with Crippen LogP contribution in [0.5, 0.6) is 0 Å². The van der Waals surface area contributed by atoms with Crippen LogP contribution in [-0.2, 0) is 0 Å². The lowest BCUT2D eigenvalue weighted by atomic mass is 9.82. The number of hydrogen-bond acceptors (Lipinski definition) is 5. The van der Waals surface area contributed by atoms with E-state index in [1.54, 1.807) is 24.3 Å². The predicted octanol–water partition coefficient (Wildman–Crippen LogP) is 2.62. The van der Waals surface area contributed by atoms with Gasteiger partial charge >= 0.3 is 0 Å². The Bertz CT molecular complexity index is 868. The molecule has 1 heterocycles. The van der Waals surface area contributed by atoms with Crippen LogP contribution in [0.1, 0.15) is 45.7 Å². The minimum atomic E-state index is -0.372. The minimum Gasteiger partial charge on any atom is -0.398 e. The van der Waals surface area contributed by atoms with Crippen molar-refractivity contribution in [2.24, 2.45) is 0 Å². The largest absolute Gasteiger partial charge is 0.398 e. The molecule has 0 aromatic heterocycles. The van der Waals surface area contributed by atoms with Crippen LogP contribution >= 0.6 is 0 Å². The number of nitrogen functional groups attached to an aromatic ring is 1. The van der Waals surface area contributed by atoms with Crippen LogP contribution in [0.15, 0.2) is 30.3 Å². The maximum Gasteiger partial charge on any atom is 0.198 e. The molecule has 2 aliphatic rings. The first-order valence-electron chi connectivity index (χ1n) is 7.10. The number of carbonyl (C=O) groups is 2. The third kappa shape index (κ3) is 1.53. The fourth-order valence-corrected chi connectivity index (χ4v) is 3.23. The highest BCUT2D eigenvalue weighted by Gasteiger charge is 2.38. The molecule has 4 N–H and O–H groups in total. The molecule has 0 amide bonds. The Labute approximate surface area is 127 Å². The Hall–Kier alpha value is -2.82. The number of carbonyl (C=O) groups excluding carboxylic acids is 2. The highest BCUT2D eigenvalue weighted by molar-refractivity contribution is 6.32. The number of nitrogens with two attached hydrogens (primary N) is 1. The second-order valence-electron chi connectivity index (χ2n) is 6.21. The summed E-state index contributed by atoms with van der Waals surface area (Å²) < 4.78 is 0. The van der Waals surface area contributed by atoms with Gasteiger partial charge in [-0.05, 0) is 32.0 Å². The Morgan fingerprint density at radius 1 is 0.909 bits per heavy atom. The van der Waals surface area contributed by atoms with Crippen LogP contribution in [-0.4, -0.2) is 17.2 Å². The van der Waals surface area contributed by atoms with E-state index in [1.807, 2.05) is 19.9 Å². The second-order valence-corrected chi connectivity index (χ2v) is 6.21. The van der Waals surface area contributed by atoms with Crippen LogP contribution in [0.2, 0.25) is 0 Å². The average molecular weight is 293 g/mol. The van der Waals surface area contributed by atoms with E-state index in [2.05, 4.69) is 10.6 Å². The molecule has 0 radical (unpaired) electrons. The first-order chi connectivity index (χ1) is 10.4. The highest BCUT2D eigenvalue weighted by atomic mass is 16.1. The number of hydrogen-bond donors (Lipinski definition) is 3. The maximum atomic E-state index is 12.9. The second kappa shape index (κ2) is 3.88. The summed E-state index contributed by atoms with van der Waals surface area (Å²) >= 11 is 0. The number of anilines is 3. The van der Waals surface area contributed by atoms with Crippen molar-refractivity contribution < 1.29 is 9.59 Å². The van der Waals surface area contributed by atoms with Crippen molar-refractivity contribution in [3.8, 4) is 0 Å². The van der Waals surface area contributed by atoms with Crippen LogP contribution in [0.4, 0.5) is 17.1 Å². The number of benzene rings is 2. The molecule has 4 rings (SSSR count). The van der Waals surface area contributed by atoms with Gasteiger partial charge in [-0.25, -0.2) is 0 Å². The van der Waals surface area contributed by atoms with E-state index in [-0.39, 0.29) is 17.2 Å². The third-order valence-electron chi connectivity index (χ3n) is 4.13. The molecule has 1 aliphatic carbocycles. The molecule has 22 heavy (non-hydrogen) atoms. The maximum absolute atomic E-state index is 12.9. The monoisotopic (exact) mass is 293 g/mol. The van der Waals surface area contributed by atoms with Gasteiger partial charge in [-0.3, -0.25) is 9.59 Å². The van der Waals surface area contributed by atoms with E-state index in [4.69, 9.17) is 5.73 Å². The zero-order valence-electron chi connectivity index (χ0n) is 12.3. The van der Waals surface area contributed by atoms with Crippen LogP contribution in [0.3, 0.4) is 0 Å². The van der Waals surface area contributed by atoms with E-state index in [1.165, 1.54) is 0 Å². The molecule has 0 fully saturated rings. The fraction of sp³-hybridized carbons (Fsp3) is 0.176. The summed E-state index contributed by atoms with van der Waals surface area (Å²) in [4.78, 5) is 25.7. The van der Waals surface area contributed by atoms with Crippen molar-refractivity contribution in [2.45, 2.75) is 19.5 Å². The number of rotatable bonds is 0. The molecule has 0 atom stereocenters. The van der Waals surface area contributed by atoms with Gasteiger partial charge in [0.05, 0.1) is 22.5 Å². The van der Waals surface area contributed by atoms with Gasteiger partial charge in [0.15, 0.2) is 11.6 Å². The van der Waals surface area contributed by atoms with Gasteiger partial charge in [0.2, 0.25) is 0 Å². The fourth-order valence-electron chi connectivity index (χ4n) is 3.23. The van der Waals surface area contributed by atoms with Crippen molar-refractivity contribution in [3.63, 3.8) is 0 Å². The zero-order chi connectivity index (χ0) is 15.6. The van der Waals surface area contributed by atoms with Gasteiger partial charge in [0, 0.05) is 16.8 Å². The van der Waals surface area contributed by atoms with Crippen LogP contribution in [0, 0.1) is 0 Å². The van der Waals surface area contributed by atoms with E-state index in [0.717, 1.165) is 5.69 Å². The molecule has 0 saturated carbocycles. The van der Waals surface area contributed by atoms with Gasteiger partial charge in [-0.15, -0.1) is 0 Å². The molecule has 0 spiro atoms. The van der Waals surface area contributed by atoms with Crippen molar-refractivity contribution >= 4 is 28.6 Å². The lowest BCUT2D eigenvalue weighted by Gasteiger charge is -2.22. The van der Waals surface area contributed by atoms with E-state index in [9.17, 15) is 9.59 Å². The summed E-state index contributed by atoms with van der Waals surface area (Å²) in [5.41, 5.74) is 8.92. The van der Waals surface area contributed by atoms with Crippen LogP contribution < -0.4 is 16.4 Å². The molecule has 110 valence electrons. The van der Waals surface area contributed by atoms with E-state index >= 15 is 0 Å². The van der Waals surface area contributed by atoms with Gasteiger partial charge in [-0.1, -0.05) is 12.1 Å². The SMILES string of the molecule is CC1(C)Nc2ccc3c(c2N1)C(=O)c1c(N)cccc1C3=O. The normalized spacial score (nSPS) is 17.2. The first-order valence-corrected chi connectivity index (χ1v) is 7.10. The zero-order valence-corrected chi connectivity index (χ0v) is 12.3. The molecule has 2 aromatic carbocycles. The molecule has 5 nitrogen and oxygen atoms in total. The molecule has 1 aliphatic heterocycles. The molecule has 0 unspecified atom stereocenters. The summed E-state index contributed by atoms with van der Waals surface area (Å²) in [7, 11) is 0. The Morgan fingerprint density at radius 3 is 2.41 bits per heavy atom. The molecular weight excluding hydrogens is 278 g/mol. The van der Waals surface area contributed by atoms with Gasteiger partial charge in [-0.2, -0.15) is 0 Å².